The summed E-state index contributed by atoms with van der Waals surface area (Å²) >= 11 is 0. The maximum absolute atomic E-state index is 10.5. The van der Waals surface area contributed by atoms with Crippen molar-refractivity contribution in [2.45, 2.75) is 19.8 Å². The fourth-order valence-electron chi connectivity index (χ4n) is 1.66. The molecule has 0 unspecified atom stereocenters. The number of aromatic nitrogens is 2. The van der Waals surface area contributed by atoms with Gasteiger partial charge in [-0.2, -0.15) is 0 Å². The number of carbonyl (C=O) groups is 1. The number of nitrogens with zero attached hydrogens (tertiary/aromatic N) is 2. The Morgan fingerprint density at radius 1 is 1.57 bits per heavy atom. The fraction of sp³-hybridized carbons (Fsp3) is 0.273. The minimum atomic E-state index is 0.458. The molecule has 3 nitrogen and oxygen atoms in total. The average Bonchev–Trinajstić information content (AvgIpc) is 2.62. The molecular formula is C11H12N2O. The van der Waals surface area contributed by atoms with Gasteiger partial charge in [-0.25, -0.2) is 4.98 Å². The molecule has 0 amide bonds. The van der Waals surface area contributed by atoms with Gasteiger partial charge in [-0.05, 0) is 11.6 Å². The van der Waals surface area contributed by atoms with Crippen molar-refractivity contribution in [2.24, 2.45) is 0 Å². The lowest BCUT2D eigenvalue weighted by atomic mass is 10.2. The van der Waals surface area contributed by atoms with Gasteiger partial charge in [0, 0.05) is 19.0 Å². The Labute approximate surface area is 82.4 Å². The van der Waals surface area contributed by atoms with E-state index in [9.17, 15) is 4.79 Å². The summed E-state index contributed by atoms with van der Waals surface area (Å²) in [6.07, 6.45) is 6.10. The van der Waals surface area contributed by atoms with Crippen molar-refractivity contribution >= 4 is 11.8 Å². The van der Waals surface area contributed by atoms with Gasteiger partial charge < -0.3 is 9.20 Å². The Morgan fingerprint density at radius 3 is 3.14 bits per heavy atom. The molecule has 3 heteroatoms. The second kappa shape index (κ2) is 3.62. The molecule has 0 N–H and O–H groups in total. The molecule has 0 aliphatic heterocycles. The van der Waals surface area contributed by atoms with E-state index in [4.69, 9.17) is 0 Å². The van der Waals surface area contributed by atoms with E-state index in [-0.39, 0.29) is 0 Å². The molecule has 0 aliphatic rings. The van der Waals surface area contributed by atoms with Crippen LogP contribution in [0.1, 0.15) is 18.3 Å². The van der Waals surface area contributed by atoms with Crippen molar-refractivity contribution in [3.05, 3.63) is 35.9 Å². The van der Waals surface area contributed by atoms with Crippen LogP contribution in [0.3, 0.4) is 0 Å². The van der Waals surface area contributed by atoms with Crippen molar-refractivity contribution < 1.29 is 4.79 Å². The third-order valence-electron chi connectivity index (χ3n) is 2.35. The number of pyridine rings is 1. The van der Waals surface area contributed by atoms with Gasteiger partial charge in [0.15, 0.2) is 0 Å². The van der Waals surface area contributed by atoms with Crippen molar-refractivity contribution in [3.8, 4) is 0 Å². The van der Waals surface area contributed by atoms with Crippen LogP contribution in [0.5, 0.6) is 0 Å². The number of hydrogen-bond acceptors (Lipinski definition) is 2. The van der Waals surface area contributed by atoms with Gasteiger partial charge in [0.25, 0.3) is 0 Å². The van der Waals surface area contributed by atoms with Gasteiger partial charge in [0.2, 0.25) is 0 Å². The largest absolute Gasteiger partial charge is 0.303 e. The second-order valence-electron chi connectivity index (χ2n) is 3.19. The fourth-order valence-corrected chi connectivity index (χ4v) is 1.66. The van der Waals surface area contributed by atoms with Crippen LogP contribution in [0.2, 0.25) is 0 Å². The molecular weight excluding hydrogens is 176 g/mol. The van der Waals surface area contributed by atoms with Crippen LogP contribution >= 0.6 is 0 Å². The molecule has 0 saturated heterocycles. The van der Waals surface area contributed by atoms with Crippen LogP contribution in [0.25, 0.3) is 5.52 Å². The zero-order valence-electron chi connectivity index (χ0n) is 8.10. The Kier molecular flexibility index (Phi) is 2.31. The predicted octanol–water partition coefficient (Wildman–Crippen LogP) is 1.64. The summed E-state index contributed by atoms with van der Waals surface area (Å²) in [7, 11) is 0. The highest BCUT2D eigenvalue weighted by atomic mass is 16.1. The summed E-state index contributed by atoms with van der Waals surface area (Å²) in [6, 6.07) is 3.91. The molecule has 0 bridgehead atoms. The molecule has 0 aliphatic carbocycles. The number of imidazole rings is 1. The molecule has 0 saturated carbocycles. The first-order chi connectivity index (χ1) is 6.86. The third-order valence-corrected chi connectivity index (χ3v) is 2.35. The first-order valence-corrected chi connectivity index (χ1v) is 4.74. The number of aldehydes is 1. The van der Waals surface area contributed by atoms with Gasteiger partial charge in [-0.1, -0.05) is 13.0 Å². The van der Waals surface area contributed by atoms with E-state index in [0.29, 0.717) is 6.42 Å². The number of hydrogen-bond donors (Lipinski definition) is 0. The van der Waals surface area contributed by atoms with Crippen molar-refractivity contribution in [1.29, 1.82) is 0 Å². The number of rotatable bonds is 3. The summed E-state index contributed by atoms with van der Waals surface area (Å²) in [6.45, 7) is 2.07. The Hall–Kier alpha value is -1.64. The monoisotopic (exact) mass is 188 g/mol. The molecule has 0 fully saturated rings. The van der Waals surface area contributed by atoms with Crippen molar-refractivity contribution in [1.82, 2.24) is 9.38 Å². The quantitative estimate of drug-likeness (QED) is 0.686. The zero-order chi connectivity index (χ0) is 9.97. The highest BCUT2D eigenvalue weighted by molar-refractivity contribution is 5.64. The Balaban J connectivity index is 2.63. The lowest BCUT2D eigenvalue weighted by Crippen LogP contribution is -1.95. The highest BCUT2D eigenvalue weighted by Crippen LogP contribution is 2.13. The van der Waals surface area contributed by atoms with E-state index >= 15 is 0 Å². The SMILES string of the molecule is CCc1ncc2c(CC=O)cccn12. The normalized spacial score (nSPS) is 10.6. The minimum Gasteiger partial charge on any atom is -0.303 e. The second-order valence-corrected chi connectivity index (χ2v) is 3.19. The van der Waals surface area contributed by atoms with E-state index in [0.717, 1.165) is 29.6 Å². The number of carbonyl (C=O) groups excluding carboxylic acids is 1. The molecule has 0 radical (unpaired) electrons. The topological polar surface area (TPSA) is 34.4 Å². The van der Waals surface area contributed by atoms with Crippen LogP contribution in [0.15, 0.2) is 24.5 Å². The Morgan fingerprint density at radius 2 is 2.43 bits per heavy atom. The molecule has 14 heavy (non-hydrogen) atoms. The first-order valence-electron chi connectivity index (χ1n) is 4.74. The summed E-state index contributed by atoms with van der Waals surface area (Å²) < 4.78 is 2.04. The van der Waals surface area contributed by atoms with Gasteiger partial charge in [0.1, 0.15) is 12.1 Å². The van der Waals surface area contributed by atoms with E-state index < -0.39 is 0 Å². The number of aryl methyl sites for hydroxylation is 1. The van der Waals surface area contributed by atoms with Crippen LogP contribution in [0, 0.1) is 0 Å². The number of fused-ring (bicyclic) bond motifs is 1. The van der Waals surface area contributed by atoms with E-state index in [1.165, 1.54) is 0 Å². The molecule has 0 atom stereocenters. The lowest BCUT2D eigenvalue weighted by Gasteiger charge is -2.01. The van der Waals surface area contributed by atoms with Crippen LogP contribution in [-0.4, -0.2) is 15.7 Å². The van der Waals surface area contributed by atoms with Crippen LogP contribution in [-0.2, 0) is 17.6 Å². The van der Waals surface area contributed by atoms with Gasteiger partial charge in [-0.15, -0.1) is 0 Å². The summed E-state index contributed by atoms with van der Waals surface area (Å²) in [5, 5.41) is 0. The lowest BCUT2D eigenvalue weighted by molar-refractivity contribution is -0.107. The standard InChI is InChI=1S/C11H12N2O/c1-2-11-12-8-10-9(5-7-14)4-3-6-13(10)11/h3-4,6-8H,2,5H2,1H3. The highest BCUT2D eigenvalue weighted by Gasteiger charge is 2.04. The van der Waals surface area contributed by atoms with Crippen molar-refractivity contribution in [3.63, 3.8) is 0 Å². The third kappa shape index (κ3) is 1.31. The van der Waals surface area contributed by atoms with Gasteiger partial charge in [0.05, 0.1) is 11.7 Å². The summed E-state index contributed by atoms with van der Waals surface area (Å²) in [5.41, 5.74) is 2.08. The zero-order valence-corrected chi connectivity index (χ0v) is 8.10. The molecule has 0 spiro atoms. The van der Waals surface area contributed by atoms with Gasteiger partial charge in [-0.3, -0.25) is 0 Å². The summed E-state index contributed by atoms with van der Waals surface area (Å²) in [5.74, 6) is 1.03. The van der Waals surface area contributed by atoms with E-state index in [2.05, 4.69) is 11.9 Å². The average molecular weight is 188 g/mol. The van der Waals surface area contributed by atoms with E-state index in [1.54, 1.807) is 0 Å². The maximum Gasteiger partial charge on any atom is 0.124 e. The van der Waals surface area contributed by atoms with E-state index in [1.807, 2.05) is 28.9 Å². The smallest absolute Gasteiger partial charge is 0.124 e. The molecule has 72 valence electrons. The molecule has 2 aromatic rings. The predicted molar refractivity (Wildman–Crippen MR) is 54.3 cm³/mol. The maximum atomic E-state index is 10.5. The Bertz CT molecular complexity index is 459. The minimum absolute atomic E-state index is 0.458. The van der Waals surface area contributed by atoms with Crippen LogP contribution in [0.4, 0.5) is 0 Å². The summed E-state index contributed by atoms with van der Waals surface area (Å²) in [4.78, 5) is 14.8. The van der Waals surface area contributed by atoms with Crippen molar-refractivity contribution in [2.75, 3.05) is 0 Å². The molecule has 2 rings (SSSR count). The first kappa shape index (κ1) is 8.94. The molecule has 2 heterocycles. The van der Waals surface area contributed by atoms with Crippen LogP contribution < -0.4 is 0 Å². The molecule has 0 aromatic carbocycles. The van der Waals surface area contributed by atoms with Gasteiger partial charge >= 0.3 is 0 Å². The molecule has 2 aromatic heterocycles.